The number of carbonyl (C=O) groups excluding carboxylic acids is 1. The Kier molecular flexibility index (Phi) is 3.64. The van der Waals surface area contributed by atoms with E-state index in [2.05, 4.69) is 21.2 Å². The first-order chi connectivity index (χ1) is 8.08. The highest BCUT2D eigenvalue weighted by Gasteiger charge is 2.12. The molecule has 1 amide bonds. The van der Waals surface area contributed by atoms with Crippen molar-refractivity contribution in [3.8, 4) is 0 Å². The van der Waals surface area contributed by atoms with Gasteiger partial charge >= 0.3 is 0 Å². The van der Waals surface area contributed by atoms with Gasteiger partial charge in [-0.2, -0.15) is 0 Å². The van der Waals surface area contributed by atoms with Gasteiger partial charge in [0.2, 0.25) is 0 Å². The van der Waals surface area contributed by atoms with Gasteiger partial charge in [-0.3, -0.25) is 4.79 Å². The minimum absolute atomic E-state index is 0.0689. The number of hydrogen-bond acceptors (Lipinski definition) is 2. The van der Waals surface area contributed by atoms with E-state index in [0.717, 1.165) is 21.3 Å². The third-order valence-corrected chi connectivity index (χ3v) is 4.30. The van der Waals surface area contributed by atoms with E-state index in [1.807, 2.05) is 43.5 Å². The van der Waals surface area contributed by atoms with Crippen molar-refractivity contribution in [1.82, 2.24) is 0 Å². The van der Waals surface area contributed by atoms with Crippen molar-refractivity contribution in [3.05, 3.63) is 50.1 Å². The summed E-state index contributed by atoms with van der Waals surface area (Å²) in [7, 11) is 0. The van der Waals surface area contributed by atoms with Crippen LogP contribution < -0.4 is 5.32 Å². The van der Waals surface area contributed by atoms with E-state index in [9.17, 15) is 4.79 Å². The quantitative estimate of drug-likeness (QED) is 0.876. The predicted molar refractivity (Wildman–Crippen MR) is 75.9 cm³/mol. The molecule has 1 N–H and O–H groups in total. The van der Waals surface area contributed by atoms with Crippen LogP contribution in [0.5, 0.6) is 0 Å². The van der Waals surface area contributed by atoms with E-state index in [-0.39, 0.29) is 5.91 Å². The first kappa shape index (κ1) is 12.3. The van der Waals surface area contributed by atoms with Crippen LogP contribution in [0.2, 0.25) is 0 Å². The molecule has 0 radical (unpaired) electrons. The molecule has 88 valence electrons. The molecule has 0 aliphatic carbocycles. The maximum atomic E-state index is 12.0. The molecule has 0 saturated heterocycles. The van der Waals surface area contributed by atoms with Crippen molar-refractivity contribution < 1.29 is 4.79 Å². The van der Waals surface area contributed by atoms with Crippen LogP contribution in [0.15, 0.2) is 34.1 Å². The van der Waals surface area contributed by atoms with Gasteiger partial charge in [0.05, 0.1) is 0 Å². The van der Waals surface area contributed by atoms with Gasteiger partial charge < -0.3 is 5.32 Å². The monoisotopic (exact) mass is 309 g/mol. The molecule has 0 unspecified atom stereocenters. The molecular weight excluding hydrogens is 298 g/mol. The number of nitrogens with one attached hydrogen (secondary N) is 1. The molecular formula is C13H12BrNOS. The Morgan fingerprint density at radius 3 is 2.71 bits per heavy atom. The molecule has 1 aromatic carbocycles. The summed E-state index contributed by atoms with van der Waals surface area (Å²) in [6, 6.07) is 7.90. The average Bonchev–Trinajstić information content (AvgIpc) is 2.70. The highest BCUT2D eigenvalue weighted by molar-refractivity contribution is 9.10. The van der Waals surface area contributed by atoms with Crippen molar-refractivity contribution >= 4 is 38.9 Å². The zero-order chi connectivity index (χ0) is 12.4. The summed E-state index contributed by atoms with van der Waals surface area (Å²) in [5.41, 5.74) is 3.07. The molecule has 2 nitrogen and oxygen atoms in total. The number of carbonyl (C=O) groups is 1. The standard InChI is InChI=1S/C13H12BrNOS/c1-8-3-4-9(2)11(7-8)15-13(16)12-10(14)5-6-17-12/h3-7H,1-2H3,(H,15,16). The van der Waals surface area contributed by atoms with Crippen LogP contribution in [-0.2, 0) is 0 Å². The van der Waals surface area contributed by atoms with Gasteiger partial charge in [0.25, 0.3) is 5.91 Å². The fourth-order valence-corrected chi connectivity index (χ4v) is 2.95. The van der Waals surface area contributed by atoms with E-state index in [0.29, 0.717) is 4.88 Å². The molecule has 0 aliphatic heterocycles. The van der Waals surface area contributed by atoms with Crippen LogP contribution in [0.4, 0.5) is 5.69 Å². The molecule has 1 heterocycles. The van der Waals surface area contributed by atoms with Crippen molar-refractivity contribution in [3.63, 3.8) is 0 Å². The Hall–Kier alpha value is -1.13. The van der Waals surface area contributed by atoms with Gasteiger partial charge in [0.15, 0.2) is 0 Å². The molecule has 0 saturated carbocycles. The first-order valence-electron chi connectivity index (χ1n) is 5.19. The van der Waals surface area contributed by atoms with E-state index in [1.165, 1.54) is 11.3 Å². The minimum atomic E-state index is -0.0689. The number of anilines is 1. The molecule has 0 aliphatic rings. The van der Waals surface area contributed by atoms with Gasteiger partial charge in [0.1, 0.15) is 4.88 Å². The lowest BCUT2D eigenvalue weighted by Gasteiger charge is -2.08. The Bertz CT molecular complexity index is 562. The lowest BCUT2D eigenvalue weighted by Crippen LogP contribution is -2.11. The zero-order valence-corrected chi connectivity index (χ0v) is 12.0. The van der Waals surface area contributed by atoms with Crippen molar-refractivity contribution in [2.75, 3.05) is 5.32 Å². The second-order valence-electron chi connectivity index (χ2n) is 3.87. The lowest BCUT2D eigenvalue weighted by molar-refractivity contribution is 0.103. The Balaban J connectivity index is 2.24. The van der Waals surface area contributed by atoms with Gasteiger partial charge in [-0.05, 0) is 58.4 Å². The molecule has 0 fully saturated rings. The summed E-state index contributed by atoms with van der Waals surface area (Å²) in [6.07, 6.45) is 0. The molecule has 2 rings (SSSR count). The fourth-order valence-electron chi connectivity index (χ4n) is 1.51. The van der Waals surface area contributed by atoms with Crippen LogP contribution in [0.3, 0.4) is 0 Å². The van der Waals surface area contributed by atoms with Gasteiger partial charge in [0, 0.05) is 10.2 Å². The number of thiophene rings is 1. The summed E-state index contributed by atoms with van der Waals surface area (Å²) < 4.78 is 0.838. The minimum Gasteiger partial charge on any atom is -0.321 e. The van der Waals surface area contributed by atoms with Crippen molar-refractivity contribution in [1.29, 1.82) is 0 Å². The maximum absolute atomic E-state index is 12.0. The Labute approximate surface area is 113 Å². The fraction of sp³-hybridized carbons (Fsp3) is 0.154. The normalized spacial score (nSPS) is 10.3. The third-order valence-electron chi connectivity index (χ3n) is 2.46. The van der Waals surface area contributed by atoms with E-state index >= 15 is 0 Å². The molecule has 17 heavy (non-hydrogen) atoms. The Morgan fingerprint density at radius 2 is 2.06 bits per heavy atom. The van der Waals surface area contributed by atoms with Crippen molar-refractivity contribution in [2.45, 2.75) is 13.8 Å². The summed E-state index contributed by atoms with van der Waals surface area (Å²) >= 11 is 4.79. The molecule has 0 atom stereocenters. The average molecular weight is 310 g/mol. The maximum Gasteiger partial charge on any atom is 0.266 e. The SMILES string of the molecule is Cc1ccc(C)c(NC(=O)c2sccc2Br)c1. The second-order valence-corrected chi connectivity index (χ2v) is 5.64. The number of aryl methyl sites for hydroxylation is 2. The highest BCUT2D eigenvalue weighted by atomic mass is 79.9. The lowest BCUT2D eigenvalue weighted by atomic mass is 10.1. The van der Waals surface area contributed by atoms with Crippen LogP contribution in [0.25, 0.3) is 0 Å². The van der Waals surface area contributed by atoms with Crippen LogP contribution in [-0.4, -0.2) is 5.91 Å². The summed E-state index contributed by atoms with van der Waals surface area (Å²) in [4.78, 5) is 12.7. The van der Waals surface area contributed by atoms with Gasteiger partial charge in [-0.15, -0.1) is 11.3 Å². The summed E-state index contributed by atoms with van der Waals surface area (Å²) in [5.74, 6) is -0.0689. The molecule has 0 bridgehead atoms. The predicted octanol–water partition coefficient (Wildman–Crippen LogP) is 4.38. The van der Waals surface area contributed by atoms with E-state index in [1.54, 1.807) is 0 Å². The van der Waals surface area contributed by atoms with E-state index < -0.39 is 0 Å². The largest absolute Gasteiger partial charge is 0.321 e. The molecule has 1 aromatic heterocycles. The van der Waals surface area contributed by atoms with Gasteiger partial charge in [-0.1, -0.05) is 12.1 Å². The Morgan fingerprint density at radius 1 is 1.29 bits per heavy atom. The number of benzene rings is 1. The van der Waals surface area contributed by atoms with Gasteiger partial charge in [-0.25, -0.2) is 0 Å². The highest BCUT2D eigenvalue weighted by Crippen LogP contribution is 2.24. The van der Waals surface area contributed by atoms with Crippen LogP contribution in [0, 0.1) is 13.8 Å². The smallest absolute Gasteiger partial charge is 0.266 e. The van der Waals surface area contributed by atoms with Crippen molar-refractivity contribution in [2.24, 2.45) is 0 Å². The van der Waals surface area contributed by atoms with Crippen LogP contribution in [0.1, 0.15) is 20.8 Å². The number of amides is 1. The number of rotatable bonds is 2. The van der Waals surface area contributed by atoms with Crippen LogP contribution >= 0.6 is 27.3 Å². The second kappa shape index (κ2) is 5.02. The third kappa shape index (κ3) is 2.76. The number of halogens is 1. The number of hydrogen-bond donors (Lipinski definition) is 1. The zero-order valence-electron chi connectivity index (χ0n) is 9.58. The topological polar surface area (TPSA) is 29.1 Å². The summed E-state index contributed by atoms with van der Waals surface area (Å²) in [5, 5.41) is 4.83. The molecule has 0 spiro atoms. The summed E-state index contributed by atoms with van der Waals surface area (Å²) in [6.45, 7) is 3.99. The first-order valence-corrected chi connectivity index (χ1v) is 6.87. The molecule has 4 heteroatoms. The van der Waals surface area contributed by atoms with E-state index in [4.69, 9.17) is 0 Å². The molecule has 2 aromatic rings.